The minimum Gasteiger partial charge on any atom is -0.496 e. The molecule has 1 heterocycles. The monoisotopic (exact) mass is 216 g/mol. The van der Waals surface area contributed by atoms with E-state index in [0.717, 1.165) is 17.5 Å². The van der Waals surface area contributed by atoms with Gasteiger partial charge in [-0.25, -0.2) is 0 Å². The molecule has 16 heavy (non-hydrogen) atoms. The fourth-order valence-electron chi connectivity index (χ4n) is 1.55. The topological polar surface area (TPSA) is 44.1 Å². The molecule has 0 atom stereocenters. The quantitative estimate of drug-likeness (QED) is 0.736. The normalized spacial score (nSPS) is 10.1. The van der Waals surface area contributed by atoms with Crippen LogP contribution in [-0.4, -0.2) is 23.2 Å². The zero-order valence-corrected chi connectivity index (χ0v) is 9.18. The molecule has 1 aromatic heterocycles. The third kappa shape index (κ3) is 1.82. The van der Waals surface area contributed by atoms with Gasteiger partial charge in [0.05, 0.1) is 18.4 Å². The number of carbonyl (C=O) groups is 1. The fourth-order valence-corrected chi connectivity index (χ4v) is 1.55. The van der Waals surface area contributed by atoms with Crippen molar-refractivity contribution < 1.29 is 9.53 Å². The molecule has 0 aliphatic heterocycles. The fraction of sp³-hybridized carbons (Fsp3) is 0.167. The molecule has 0 fully saturated rings. The summed E-state index contributed by atoms with van der Waals surface area (Å²) in [5, 5.41) is 4.27. The Hall–Kier alpha value is -2.10. The maximum absolute atomic E-state index is 10.9. The van der Waals surface area contributed by atoms with E-state index in [9.17, 15) is 4.79 Å². The standard InChI is InChI=1S/C12H12N2O2/c1-14-6-5-11(13-14)9-3-4-12(16-2)10(7-9)8-15/h3-8H,1-2H3. The van der Waals surface area contributed by atoms with Crippen molar-refractivity contribution in [2.45, 2.75) is 0 Å². The molecule has 1 aromatic carbocycles. The molecular formula is C12H12N2O2. The van der Waals surface area contributed by atoms with Crippen LogP contribution in [0.3, 0.4) is 0 Å². The minimum absolute atomic E-state index is 0.533. The summed E-state index contributed by atoms with van der Waals surface area (Å²) in [5.41, 5.74) is 2.28. The van der Waals surface area contributed by atoms with Crippen LogP contribution in [0.2, 0.25) is 0 Å². The van der Waals surface area contributed by atoms with Crippen LogP contribution >= 0.6 is 0 Å². The third-order valence-corrected chi connectivity index (χ3v) is 2.37. The number of aromatic nitrogens is 2. The summed E-state index contributed by atoms with van der Waals surface area (Å²) in [6, 6.07) is 7.33. The number of nitrogens with zero attached hydrogens (tertiary/aromatic N) is 2. The van der Waals surface area contributed by atoms with Crippen molar-refractivity contribution in [3.8, 4) is 17.0 Å². The highest BCUT2D eigenvalue weighted by Crippen LogP contribution is 2.24. The molecule has 0 radical (unpaired) electrons. The Morgan fingerprint density at radius 1 is 1.38 bits per heavy atom. The van der Waals surface area contributed by atoms with E-state index in [-0.39, 0.29) is 0 Å². The van der Waals surface area contributed by atoms with E-state index in [1.807, 2.05) is 25.4 Å². The van der Waals surface area contributed by atoms with Gasteiger partial charge in [-0.2, -0.15) is 5.10 Å². The average Bonchev–Trinajstić information content (AvgIpc) is 2.75. The van der Waals surface area contributed by atoms with Gasteiger partial charge in [0, 0.05) is 18.8 Å². The summed E-state index contributed by atoms with van der Waals surface area (Å²) >= 11 is 0. The third-order valence-electron chi connectivity index (χ3n) is 2.37. The van der Waals surface area contributed by atoms with Gasteiger partial charge in [-0.05, 0) is 24.3 Å². The first kappa shape index (κ1) is 10.4. The molecule has 0 saturated carbocycles. The number of ether oxygens (including phenoxy) is 1. The summed E-state index contributed by atoms with van der Waals surface area (Å²) in [6.45, 7) is 0. The van der Waals surface area contributed by atoms with Gasteiger partial charge in [0.1, 0.15) is 5.75 Å². The Morgan fingerprint density at radius 3 is 2.75 bits per heavy atom. The van der Waals surface area contributed by atoms with Crippen molar-refractivity contribution in [1.82, 2.24) is 9.78 Å². The van der Waals surface area contributed by atoms with E-state index in [1.54, 1.807) is 23.9 Å². The van der Waals surface area contributed by atoms with Crippen LogP contribution in [0, 0.1) is 0 Å². The van der Waals surface area contributed by atoms with Crippen LogP contribution < -0.4 is 4.74 Å². The lowest BCUT2D eigenvalue weighted by Gasteiger charge is -2.04. The largest absolute Gasteiger partial charge is 0.496 e. The van der Waals surface area contributed by atoms with Gasteiger partial charge in [-0.1, -0.05) is 0 Å². The highest BCUT2D eigenvalue weighted by Gasteiger charge is 2.06. The molecule has 0 bridgehead atoms. The van der Waals surface area contributed by atoms with Gasteiger partial charge >= 0.3 is 0 Å². The number of hydrogen-bond donors (Lipinski definition) is 0. The van der Waals surface area contributed by atoms with Crippen molar-refractivity contribution in [3.63, 3.8) is 0 Å². The van der Waals surface area contributed by atoms with E-state index in [4.69, 9.17) is 4.74 Å². The molecule has 0 N–H and O–H groups in total. The Balaban J connectivity index is 2.47. The molecule has 0 unspecified atom stereocenters. The number of rotatable bonds is 3. The van der Waals surface area contributed by atoms with E-state index < -0.39 is 0 Å². The Kier molecular flexibility index (Phi) is 2.72. The summed E-state index contributed by atoms with van der Waals surface area (Å²) in [7, 11) is 3.40. The first-order valence-corrected chi connectivity index (χ1v) is 4.88. The second-order valence-corrected chi connectivity index (χ2v) is 3.45. The molecular weight excluding hydrogens is 204 g/mol. The lowest BCUT2D eigenvalue weighted by atomic mass is 10.1. The highest BCUT2D eigenvalue weighted by molar-refractivity contribution is 5.82. The van der Waals surface area contributed by atoms with Gasteiger partial charge < -0.3 is 4.74 Å². The van der Waals surface area contributed by atoms with Gasteiger partial charge in [-0.15, -0.1) is 0 Å². The van der Waals surface area contributed by atoms with Crippen LogP contribution in [-0.2, 0) is 7.05 Å². The van der Waals surface area contributed by atoms with E-state index in [1.165, 1.54) is 0 Å². The molecule has 82 valence electrons. The number of methoxy groups -OCH3 is 1. The lowest BCUT2D eigenvalue weighted by molar-refractivity contribution is 0.112. The molecule has 4 nitrogen and oxygen atoms in total. The number of aryl methyl sites for hydroxylation is 1. The van der Waals surface area contributed by atoms with E-state index in [2.05, 4.69) is 5.10 Å². The van der Waals surface area contributed by atoms with Gasteiger partial charge in [0.25, 0.3) is 0 Å². The summed E-state index contributed by atoms with van der Waals surface area (Å²) in [4.78, 5) is 10.9. The molecule has 2 aromatic rings. The zero-order chi connectivity index (χ0) is 11.5. The van der Waals surface area contributed by atoms with Crippen molar-refractivity contribution in [2.24, 2.45) is 7.05 Å². The number of benzene rings is 1. The average molecular weight is 216 g/mol. The second kappa shape index (κ2) is 4.18. The maximum atomic E-state index is 10.9. The molecule has 0 saturated heterocycles. The number of carbonyl (C=O) groups excluding carboxylic acids is 1. The predicted molar refractivity (Wildman–Crippen MR) is 60.6 cm³/mol. The molecule has 0 aliphatic rings. The molecule has 2 rings (SSSR count). The lowest BCUT2D eigenvalue weighted by Crippen LogP contribution is -1.92. The molecule has 0 aliphatic carbocycles. The smallest absolute Gasteiger partial charge is 0.153 e. The maximum Gasteiger partial charge on any atom is 0.153 e. The zero-order valence-electron chi connectivity index (χ0n) is 9.18. The van der Waals surface area contributed by atoms with Crippen molar-refractivity contribution in [3.05, 3.63) is 36.0 Å². The van der Waals surface area contributed by atoms with Crippen LogP contribution in [0.25, 0.3) is 11.3 Å². The molecule has 4 heteroatoms. The van der Waals surface area contributed by atoms with Gasteiger partial charge in [0.15, 0.2) is 6.29 Å². The summed E-state index contributed by atoms with van der Waals surface area (Å²) < 4.78 is 6.80. The predicted octanol–water partition coefficient (Wildman–Crippen LogP) is 1.91. The van der Waals surface area contributed by atoms with Crippen molar-refractivity contribution >= 4 is 6.29 Å². The van der Waals surface area contributed by atoms with Gasteiger partial charge in [-0.3, -0.25) is 9.48 Å². The minimum atomic E-state index is 0.533. The van der Waals surface area contributed by atoms with Crippen molar-refractivity contribution in [1.29, 1.82) is 0 Å². The first-order valence-electron chi connectivity index (χ1n) is 4.88. The summed E-state index contributed by atoms with van der Waals surface area (Å²) in [6.07, 6.45) is 2.64. The number of aldehydes is 1. The van der Waals surface area contributed by atoms with Crippen LogP contribution in [0.5, 0.6) is 5.75 Å². The Morgan fingerprint density at radius 2 is 2.19 bits per heavy atom. The van der Waals surface area contributed by atoms with E-state index >= 15 is 0 Å². The van der Waals surface area contributed by atoms with E-state index in [0.29, 0.717) is 11.3 Å². The SMILES string of the molecule is COc1ccc(-c2ccn(C)n2)cc1C=O. The van der Waals surface area contributed by atoms with Crippen LogP contribution in [0.4, 0.5) is 0 Å². The number of hydrogen-bond acceptors (Lipinski definition) is 3. The van der Waals surface area contributed by atoms with Gasteiger partial charge in [0.2, 0.25) is 0 Å². The Bertz CT molecular complexity index is 517. The molecule has 0 spiro atoms. The summed E-state index contributed by atoms with van der Waals surface area (Å²) in [5.74, 6) is 0.578. The molecule has 0 amide bonds. The first-order chi connectivity index (χ1) is 7.74. The second-order valence-electron chi connectivity index (χ2n) is 3.45. The van der Waals surface area contributed by atoms with Crippen LogP contribution in [0.1, 0.15) is 10.4 Å². The Labute approximate surface area is 93.5 Å². The highest BCUT2D eigenvalue weighted by atomic mass is 16.5. The van der Waals surface area contributed by atoms with Crippen LogP contribution in [0.15, 0.2) is 30.5 Å². The van der Waals surface area contributed by atoms with Crippen molar-refractivity contribution in [2.75, 3.05) is 7.11 Å².